The lowest BCUT2D eigenvalue weighted by atomic mass is 9.85. The van der Waals surface area contributed by atoms with Crippen molar-refractivity contribution in [3.05, 3.63) is 22.2 Å². The van der Waals surface area contributed by atoms with E-state index in [1.54, 1.807) is 11.0 Å². The highest BCUT2D eigenvalue weighted by molar-refractivity contribution is 7.10. The molecule has 3 saturated heterocycles. The highest BCUT2D eigenvalue weighted by Crippen LogP contribution is 2.36. The summed E-state index contributed by atoms with van der Waals surface area (Å²) in [6, 6.07) is -0.731. The fraction of sp³-hybridized carbons (Fsp3) is 0.706. The quantitative estimate of drug-likeness (QED) is 0.224. The Morgan fingerprint density at radius 2 is 2.00 bits per heavy atom. The van der Waals surface area contributed by atoms with Crippen LogP contribution in [0.15, 0.2) is 11.5 Å². The van der Waals surface area contributed by atoms with Crippen LogP contribution in [0.25, 0.3) is 6.08 Å². The Hall–Kier alpha value is -2.82. The highest BCUT2D eigenvalue weighted by atomic mass is 32.1. The topological polar surface area (TPSA) is 133 Å². The molecule has 5 rings (SSSR count). The first-order valence-electron chi connectivity index (χ1n) is 16.7. The Morgan fingerprint density at radius 3 is 2.67 bits per heavy atom. The molecule has 0 spiro atoms. The van der Waals surface area contributed by atoms with Crippen LogP contribution in [0.3, 0.4) is 0 Å². The average molecular weight is 655 g/mol. The maximum Gasteiger partial charge on any atom is 0.272 e. The molecule has 4 atom stereocenters. The summed E-state index contributed by atoms with van der Waals surface area (Å²) >= 11 is 1.38. The number of hydrogen-bond donors (Lipinski definition) is 2. The molecule has 0 radical (unpaired) electrons. The molecule has 4 aliphatic rings. The SMILES string of the molecule is CC(C)C[C@H]1ON(C(=O)/C=C/c2nc(C#CC3(N)CC3)cs2)[C@H]2CN([C@H]3CCN(CCCCO)C3)C(=O)[C@H](CC(C)(C)C)N2C1=O. The predicted octanol–water partition coefficient (Wildman–Crippen LogP) is 2.84. The van der Waals surface area contributed by atoms with Crippen LogP contribution in [0, 0.1) is 23.2 Å². The van der Waals surface area contributed by atoms with Gasteiger partial charge in [-0.3, -0.25) is 19.2 Å². The lowest BCUT2D eigenvalue weighted by Gasteiger charge is -2.54. The minimum Gasteiger partial charge on any atom is -0.396 e. The third-order valence-electron chi connectivity index (χ3n) is 9.02. The summed E-state index contributed by atoms with van der Waals surface area (Å²) in [5, 5.41) is 13.0. The second-order valence-electron chi connectivity index (χ2n) is 14.9. The van der Waals surface area contributed by atoms with E-state index in [2.05, 4.69) is 42.5 Å². The van der Waals surface area contributed by atoms with Crippen LogP contribution in [-0.2, 0) is 19.2 Å². The lowest BCUT2D eigenvalue weighted by molar-refractivity contribution is -0.275. The van der Waals surface area contributed by atoms with Gasteiger partial charge >= 0.3 is 0 Å². The molecule has 0 bridgehead atoms. The van der Waals surface area contributed by atoms with Gasteiger partial charge < -0.3 is 25.5 Å². The predicted molar refractivity (Wildman–Crippen MR) is 177 cm³/mol. The Kier molecular flexibility index (Phi) is 10.6. The summed E-state index contributed by atoms with van der Waals surface area (Å²) in [5.74, 6) is 5.55. The van der Waals surface area contributed by atoms with Gasteiger partial charge in [-0.25, -0.2) is 4.98 Å². The average Bonchev–Trinajstić information content (AvgIpc) is 3.33. The van der Waals surface area contributed by atoms with Crippen molar-refractivity contribution < 1.29 is 24.3 Å². The van der Waals surface area contributed by atoms with Gasteiger partial charge in [-0.2, -0.15) is 5.06 Å². The third kappa shape index (κ3) is 8.36. The first-order valence-corrected chi connectivity index (χ1v) is 17.6. The van der Waals surface area contributed by atoms with Crippen LogP contribution < -0.4 is 5.73 Å². The number of aliphatic hydroxyl groups excluding tert-OH is 1. The molecule has 252 valence electrons. The van der Waals surface area contributed by atoms with Crippen LogP contribution in [-0.4, -0.2) is 110 Å². The molecule has 4 fully saturated rings. The van der Waals surface area contributed by atoms with Gasteiger partial charge in [0.1, 0.15) is 16.7 Å². The maximum absolute atomic E-state index is 14.3. The van der Waals surface area contributed by atoms with Crippen molar-refractivity contribution in [2.24, 2.45) is 17.1 Å². The van der Waals surface area contributed by atoms with Crippen LogP contribution in [0.5, 0.6) is 0 Å². The third-order valence-corrected chi connectivity index (χ3v) is 9.83. The normalized spacial score (nSPS) is 26.6. The Morgan fingerprint density at radius 1 is 1.24 bits per heavy atom. The summed E-state index contributed by atoms with van der Waals surface area (Å²) in [7, 11) is 0. The molecule has 1 aliphatic carbocycles. The minimum absolute atomic E-state index is 0.0274. The van der Waals surface area contributed by atoms with Gasteiger partial charge in [0.05, 0.1) is 12.1 Å². The number of thiazole rings is 1. The fourth-order valence-electron chi connectivity index (χ4n) is 6.45. The molecule has 3 aliphatic heterocycles. The van der Waals surface area contributed by atoms with Gasteiger partial charge in [-0.05, 0) is 74.8 Å². The number of hydrogen-bond acceptors (Lipinski definition) is 9. The van der Waals surface area contributed by atoms with E-state index in [1.807, 2.05) is 24.1 Å². The van der Waals surface area contributed by atoms with E-state index in [4.69, 9.17) is 10.6 Å². The number of nitrogens with two attached hydrogens (primary N) is 1. The van der Waals surface area contributed by atoms with Crippen molar-refractivity contribution >= 4 is 35.1 Å². The van der Waals surface area contributed by atoms with Gasteiger partial charge in [0, 0.05) is 37.2 Å². The zero-order valence-corrected chi connectivity index (χ0v) is 28.7. The molecular formula is C34H50N6O5S. The number of hydroxylamine groups is 2. The largest absolute Gasteiger partial charge is 0.396 e. The first-order chi connectivity index (χ1) is 21.8. The minimum atomic E-state index is -0.864. The highest BCUT2D eigenvalue weighted by Gasteiger charge is 2.54. The molecular weight excluding hydrogens is 604 g/mol. The van der Waals surface area contributed by atoms with E-state index in [9.17, 15) is 19.5 Å². The van der Waals surface area contributed by atoms with Crippen molar-refractivity contribution in [2.45, 2.75) is 109 Å². The van der Waals surface area contributed by atoms with E-state index in [-0.39, 0.29) is 42.3 Å². The van der Waals surface area contributed by atoms with Crippen molar-refractivity contribution in [3.63, 3.8) is 0 Å². The monoisotopic (exact) mass is 654 g/mol. The van der Waals surface area contributed by atoms with E-state index in [0.29, 0.717) is 23.5 Å². The number of carbonyl (C=O) groups excluding carboxylic acids is 3. The Balaban J connectivity index is 1.41. The fourth-order valence-corrected chi connectivity index (χ4v) is 7.09. The van der Waals surface area contributed by atoms with Crippen LogP contribution in [0.2, 0.25) is 0 Å². The molecule has 0 aromatic carbocycles. The zero-order valence-electron chi connectivity index (χ0n) is 27.9. The van der Waals surface area contributed by atoms with E-state index in [0.717, 1.165) is 51.7 Å². The number of piperazine rings is 1. The number of rotatable bonds is 10. The van der Waals surface area contributed by atoms with Crippen LogP contribution >= 0.6 is 11.3 Å². The van der Waals surface area contributed by atoms with E-state index in [1.165, 1.54) is 22.5 Å². The molecule has 1 saturated carbocycles. The summed E-state index contributed by atoms with van der Waals surface area (Å²) in [6.07, 6.45) is 6.61. The van der Waals surface area contributed by atoms with Crippen LogP contribution in [0.4, 0.5) is 0 Å². The summed E-state index contributed by atoms with van der Waals surface area (Å²) < 4.78 is 0. The van der Waals surface area contributed by atoms with Crippen molar-refractivity contribution in [2.75, 3.05) is 32.8 Å². The number of amides is 3. The molecule has 0 unspecified atom stereocenters. The zero-order chi connectivity index (χ0) is 33.2. The second kappa shape index (κ2) is 14.1. The van der Waals surface area contributed by atoms with Crippen LogP contribution in [0.1, 0.15) is 90.3 Å². The molecule has 3 amide bonds. The standard InChI is InChI=1S/C34H50N6O5S/c1-23(2)18-27-32(44)39-26(19-33(3,4)5)31(43)38(25-11-16-37(20-25)15-6-7-17-41)21-29(39)40(45-27)30(42)9-8-28-36-24(22-46-28)10-12-34(35)13-14-34/h8-9,22-23,25-27,29,41H,6-7,11,13-21,35H2,1-5H3/b9-8+/t25-,26-,27+,29-/m0/s1. The number of aliphatic hydroxyl groups is 1. The van der Waals surface area contributed by atoms with Crippen molar-refractivity contribution in [3.8, 4) is 11.8 Å². The number of fused-ring (bicyclic) bond motifs is 1. The molecule has 1 aromatic heterocycles. The van der Waals surface area contributed by atoms with Crippen molar-refractivity contribution in [1.82, 2.24) is 24.7 Å². The number of aromatic nitrogens is 1. The molecule has 46 heavy (non-hydrogen) atoms. The Labute approximate surface area is 277 Å². The van der Waals surface area contributed by atoms with E-state index < -0.39 is 29.8 Å². The number of unbranched alkanes of at least 4 members (excludes halogenated alkanes) is 1. The van der Waals surface area contributed by atoms with E-state index >= 15 is 0 Å². The summed E-state index contributed by atoms with van der Waals surface area (Å²) in [5.41, 5.74) is 6.06. The number of likely N-dealkylation sites (tertiary alicyclic amines) is 1. The Bertz CT molecular complexity index is 1370. The molecule has 3 N–H and O–H groups in total. The smallest absolute Gasteiger partial charge is 0.272 e. The van der Waals surface area contributed by atoms with Gasteiger partial charge in [0.25, 0.3) is 11.8 Å². The molecule has 11 nitrogen and oxygen atoms in total. The molecule has 12 heteroatoms. The van der Waals surface area contributed by atoms with Crippen molar-refractivity contribution in [1.29, 1.82) is 0 Å². The van der Waals surface area contributed by atoms with Gasteiger partial charge in [0.15, 0.2) is 12.3 Å². The summed E-state index contributed by atoms with van der Waals surface area (Å²) in [4.78, 5) is 58.9. The number of nitrogens with zero attached hydrogens (tertiary/aromatic N) is 5. The molecule has 4 heterocycles. The van der Waals surface area contributed by atoms with Gasteiger partial charge in [-0.1, -0.05) is 40.5 Å². The first kappa shape index (κ1) is 34.5. The summed E-state index contributed by atoms with van der Waals surface area (Å²) in [6.45, 7) is 13.0. The molecule has 1 aromatic rings. The second-order valence-corrected chi connectivity index (χ2v) is 15.8. The van der Waals surface area contributed by atoms with Gasteiger partial charge in [0.2, 0.25) is 5.91 Å². The van der Waals surface area contributed by atoms with Gasteiger partial charge in [-0.15, -0.1) is 11.3 Å². The lowest BCUT2D eigenvalue weighted by Crippen LogP contribution is -2.74. The number of carbonyl (C=O) groups is 3. The maximum atomic E-state index is 14.3.